The summed E-state index contributed by atoms with van der Waals surface area (Å²) in [6.45, 7) is 7.00. The van der Waals surface area contributed by atoms with Gasteiger partial charge in [0.05, 0.1) is 7.11 Å². The molecule has 2 aliphatic heterocycles. The van der Waals surface area contributed by atoms with Gasteiger partial charge in [-0.2, -0.15) is 0 Å². The summed E-state index contributed by atoms with van der Waals surface area (Å²) in [7, 11) is 0.754. The molecule has 0 radical (unpaired) electrons. The van der Waals surface area contributed by atoms with Crippen molar-refractivity contribution in [1.82, 2.24) is 0 Å². The van der Waals surface area contributed by atoms with Gasteiger partial charge < -0.3 is 44.5 Å². The van der Waals surface area contributed by atoms with E-state index in [4.69, 9.17) is 14.2 Å². The van der Waals surface area contributed by atoms with E-state index in [1.807, 2.05) is 37.3 Å². The Labute approximate surface area is 223 Å². The molecule has 8 atom stereocenters. The highest BCUT2D eigenvalue weighted by atomic mass is 16.8. The zero-order valence-electron chi connectivity index (χ0n) is 21.6. The number of methoxy groups -OCH3 is 1. The molecule has 13 heteroatoms. The molecule has 0 unspecified atom stereocenters. The highest BCUT2D eigenvalue weighted by molar-refractivity contribution is 5.98. The van der Waals surface area contributed by atoms with E-state index >= 15 is 0 Å². The first-order chi connectivity index (χ1) is 18.2. The Balaban J connectivity index is 1.94. The molecule has 2 bridgehead atoms. The molecule has 39 heavy (non-hydrogen) atoms. The second-order valence-corrected chi connectivity index (χ2v) is 9.79. The van der Waals surface area contributed by atoms with Crippen molar-refractivity contribution in [1.29, 1.82) is 0 Å². The van der Waals surface area contributed by atoms with Gasteiger partial charge in [0, 0.05) is 19.3 Å². The molecule has 13 nitrogen and oxygen atoms in total. The van der Waals surface area contributed by atoms with Crippen LogP contribution in [0.2, 0.25) is 0 Å². The molecule has 0 aromatic heterocycles. The van der Waals surface area contributed by atoms with Crippen LogP contribution in [0.25, 0.3) is 0 Å². The summed E-state index contributed by atoms with van der Waals surface area (Å²) in [5, 5.41) is 52.6. The van der Waals surface area contributed by atoms with Crippen LogP contribution in [0.4, 0.5) is 0 Å². The lowest BCUT2D eigenvalue weighted by Gasteiger charge is -2.49. The number of benzene rings is 1. The van der Waals surface area contributed by atoms with E-state index in [-0.39, 0.29) is 12.3 Å². The minimum Gasteiger partial charge on any atom is -0.479 e. The molecule has 1 aromatic carbocycles. The van der Waals surface area contributed by atoms with Crippen molar-refractivity contribution in [2.24, 2.45) is 5.92 Å². The number of carbonyl (C=O) groups excluding carboxylic acids is 2. The fraction of sp³-hybridized carbons (Fsp3) is 0.538. The zero-order valence-corrected chi connectivity index (χ0v) is 21.6. The van der Waals surface area contributed by atoms with E-state index < -0.39 is 71.7 Å². The first kappa shape index (κ1) is 30.2. The van der Waals surface area contributed by atoms with Crippen LogP contribution in [0.3, 0.4) is 0 Å². The number of fused-ring (bicyclic) bond motifs is 2. The Morgan fingerprint density at radius 2 is 1.72 bits per heavy atom. The van der Waals surface area contributed by atoms with Crippen LogP contribution in [0, 0.1) is 5.92 Å². The lowest BCUT2D eigenvalue weighted by molar-refractivity contribution is -0.374. The average molecular weight is 553 g/mol. The average Bonchev–Trinajstić information content (AvgIpc) is 3.08. The normalized spacial score (nSPS) is 33.0. The first-order valence-electron chi connectivity index (χ1n) is 12.1. The maximum Gasteiger partial charge on any atom is 0.345 e. The third-order valence-electron chi connectivity index (χ3n) is 7.21. The van der Waals surface area contributed by atoms with Gasteiger partial charge in [-0.3, -0.25) is 4.79 Å². The summed E-state index contributed by atoms with van der Waals surface area (Å²) in [6.07, 6.45) is -8.37. The highest BCUT2D eigenvalue weighted by Crippen LogP contribution is 2.55. The minimum absolute atomic E-state index is 0.167. The van der Waals surface area contributed by atoms with Crippen LogP contribution in [0.5, 0.6) is 0 Å². The molecule has 5 N–H and O–H groups in total. The van der Waals surface area contributed by atoms with E-state index in [9.17, 15) is 44.7 Å². The Hall–Kier alpha value is -3.36. The summed E-state index contributed by atoms with van der Waals surface area (Å²) < 4.78 is 20.8. The van der Waals surface area contributed by atoms with Crippen molar-refractivity contribution in [2.75, 3.05) is 7.11 Å². The van der Waals surface area contributed by atoms with Gasteiger partial charge in [0.15, 0.2) is 5.79 Å². The molecular formula is C26H32O13. The largest absolute Gasteiger partial charge is 0.479 e. The number of aliphatic hydroxyl groups is 3. The second kappa shape index (κ2) is 11.0. The number of rotatable bonds is 11. The minimum atomic E-state index is -3.58. The lowest BCUT2D eigenvalue weighted by Crippen LogP contribution is -2.78. The van der Waals surface area contributed by atoms with E-state index in [0.717, 1.165) is 12.7 Å². The summed E-state index contributed by atoms with van der Waals surface area (Å²) in [5.41, 5.74) is -5.69. The topological polar surface area (TPSA) is 206 Å². The van der Waals surface area contributed by atoms with Crippen molar-refractivity contribution in [3.63, 3.8) is 0 Å². The second-order valence-electron chi connectivity index (χ2n) is 9.79. The molecule has 2 fully saturated rings. The zero-order chi connectivity index (χ0) is 29.3. The SMILES string of the molecule is C=C(CC[C@]12O[C@H](C(=O)O)[C@@](O)(C(=O)OC)[C@](C(=O)O)(O1)[C@H](O)[C@H]2O)[C@@H](OC(C)=O)[C@H](C)Cc1ccccc1. The van der Waals surface area contributed by atoms with E-state index in [2.05, 4.69) is 11.3 Å². The number of aliphatic hydroxyl groups excluding tert-OH is 2. The number of aliphatic carboxylic acids is 2. The van der Waals surface area contributed by atoms with E-state index in [1.165, 1.54) is 6.92 Å². The van der Waals surface area contributed by atoms with Crippen LogP contribution in [0.1, 0.15) is 32.3 Å². The standard InChI is InChI=1S/C26H32O13/c1-13(17(37-15(3)27)14(2)12-16-8-6-5-7-9-16)10-11-24-18(28)19(29)26(39-24,22(32)33)25(35,23(34)36-4)20(38-24)21(30)31/h5-9,14,17-20,28-29,35H,1,10-12H2,2-4H3,(H,30,31)(H,32,33)/t14-,17-,18-,19-,20-,24+,25-,26+/m1/s1. The number of ether oxygens (including phenoxy) is 4. The highest BCUT2D eigenvalue weighted by Gasteiger charge is 2.84. The van der Waals surface area contributed by atoms with Gasteiger partial charge in [0.1, 0.15) is 18.3 Å². The van der Waals surface area contributed by atoms with E-state index in [0.29, 0.717) is 12.0 Å². The third-order valence-corrected chi connectivity index (χ3v) is 7.21. The summed E-state index contributed by atoms with van der Waals surface area (Å²) in [6, 6.07) is 9.34. The van der Waals surface area contributed by atoms with Crippen LogP contribution < -0.4 is 0 Å². The Morgan fingerprint density at radius 3 is 2.23 bits per heavy atom. The molecule has 0 saturated carbocycles. The van der Waals surface area contributed by atoms with Gasteiger partial charge in [-0.05, 0) is 24.0 Å². The molecular weight excluding hydrogens is 520 g/mol. The predicted octanol–water partition coefficient (Wildman–Crippen LogP) is -0.207. The van der Waals surface area contributed by atoms with E-state index in [1.54, 1.807) is 0 Å². The summed E-state index contributed by atoms with van der Waals surface area (Å²) >= 11 is 0. The van der Waals surface area contributed by atoms with Crippen molar-refractivity contribution in [3.05, 3.63) is 48.0 Å². The monoisotopic (exact) mass is 552 g/mol. The van der Waals surface area contributed by atoms with Crippen LogP contribution >= 0.6 is 0 Å². The smallest absolute Gasteiger partial charge is 0.345 e. The summed E-state index contributed by atoms with van der Waals surface area (Å²) in [5.74, 6) is -9.27. The number of carboxylic acid groups (broad SMARTS) is 2. The Kier molecular flexibility index (Phi) is 8.53. The summed E-state index contributed by atoms with van der Waals surface area (Å²) in [4.78, 5) is 48.8. The number of hydrogen-bond acceptors (Lipinski definition) is 11. The van der Waals surface area contributed by atoms with Gasteiger partial charge in [-0.1, -0.05) is 43.8 Å². The van der Waals surface area contributed by atoms with Crippen LogP contribution in [-0.4, -0.2) is 97.9 Å². The Morgan fingerprint density at radius 1 is 1.10 bits per heavy atom. The molecule has 0 spiro atoms. The molecule has 2 saturated heterocycles. The van der Waals surface area contributed by atoms with Crippen molar-refractivity contribution >= 4 is 23.9 Å². The molecule has 1 aromatic rings. The maximum absolute atomic E-state index is 12.5. The lowest BCUT2D eigenvalue weighted by atomic mass is 9.74. The van der Waals surface area contributed by atoms with Crippen LogP contribution in [0.15, 0.2) is 42.5 Å². The van der Waals surface area contributed by atoms with Crippen molar-refractivity contribution < 1.29 is 63.7 Å². The Bertz CT molecular complexity index is 1140. The molecule has 214 valence electrons. The number of carbonyl (C=O) groups is 4. The van der Waals surface area contributed by atoms with Gasteiger partial charge in [0.25, 0.3) is 0 Å². The van der Waals surface area contributed by atoms with Gasteiger partial charge in [-0.15, -0.1) is 0 Å². The first-order valence-corrected chi connectivity index (χ1v) is 12.1. The molecule has 0 amide bonds. The van der Waals surface area contributed by atoms with Crippen molar-refractivity contribution in [3.8, 4) is 0 Å². The van der Waals surface area contributed by atoms with Gasteiger partial charge in [0.2, 0.25) is 17.3 Å². The molecule has 2 heterocycles. The predicted molar refractivity (Wildman–Crippen MR) is 129 cm³/mol. The number of hydrogen-bond donors (Lipinski definition) is 5. The third kappa shape index (κ3) is 4.92. The fourth-order valence-electron chi connectivity index (χ4n) is 5.32. The van der Waals surface area contributed by atoms with Crippen LogP contribution in [-0.2, 0) is 44.5 Å². The molecule has 0 aliphatic carbocycles. The van der Waals surface area contributed by atoms with Crippen molar-refractivity contribution in [2.45, 2.75) is 74.5 Å². The fourth-order valence-corrected chi connectivity index (χ4v) is 5.32. The number of esters is 2. The molecule has 3 rings (SSSR count). The number of carboxylic acids is 2. The quantitative estimate of drug-likeness (QED) is 0.178. The molecule has 2 aliphatic rings. The van der Waals surface area contributed by atoms with Gasteiger partial charge in [-0.25, -0.2) is 14.4 Å². The van der Waals surface area contributed by atoms with Gasteiger partial charge >= 0.3 is 23.9 Å². The maximum atomic E-state index is 12.5.